The molecule has 3 aromatic rings. The van der Waals surface area contributed by atoms with Gasteiger partial charge in [0.1, 0.15) is 0 Å². The van der Waals surface area contributed by atoms with Crippen LogP contribution in [0.15, 0.2) is 78.0 Å². The van der Waals surface area contributed by atoms with Crippen molar-refractivity contribution in [2.45, 2.75) is 11.4 Å². The maximum Gasteiger partial charge on any atom is 0.267 e. The molecule has 0 bridgehead atoms. The van der Waals surface area contributed by atoms with E-state index >= 15 is 0 Å². The van der Waals surface area contributed by atoms with Crippen LogP contribution >= 0.6 is 0 Å². The fraction of sp³-hybridized carbons (Fsp3) is 0.208. The van der Waals surface area contributed by atoms with Gasteiger partial charge in [0.2, 0.25) is 0 Å². The minimum absolute atomic E-state index is 0.162. The lowest BCUT2D eigenvalue weighted by molar-refractivity contribution is -0.124. The molecule has 172 valence electrons. The minimum atomic E-state index is -3.77. The molecule has 2 aromatic carbocycles. The van der Waals surface area contributed by atoms with Crippen LogP contribution in [-0.4, -0.2) is 54.7 Å². The van der Waals surface area contributed by atoms with Crippen LogP contribution in [0, 0.1) is 0 Å². The molecule has 1 saturated heterocycles. The number of nitrogens with one attached hydrogen (secondary N) is 1. The molecule has 0 spiro atoms. The van der Waals surface area contributed by atoms with Crippen LogP contribution in [-0.2, 0) is 26.1 Å². The smallest absolute Gasteiger partial charge is 0.267 e. The van der Waals surface area contributed by atoms with Crippen LogP contribution in [0.25, 0.3) is 17.2 Å². The third kappa shape index (κ3) is 5.58. The summed E-state index contributed by atoms with van der Waals surface area (Å²) in [6, 6.07) is 16.6. The Morgan fingerprint density at radius 2 is 1.82 bits per heavy atom. The van der Waals surface area contributed by atoms with Gasteiger partial charge in [0.05, 0.1) is 18.1 Å². The van der Waals surface area contributed by atoms with Crippen molar-refractivity contribution in [3.05, 3.63) is 84.2 Å². The highest BCUT2D eigenvalue weighted by atomic mass is 32.2. The lowest BCUT2D eigenvalue weighted by Crippen LogP contribution is -2.35. The number of carbonyl (C=O) groups is 1. The number of aromatic nitrogens is 1. The predicted octanol–water partition coefficient (Wildman–Crippen LogP) is 2.74. The molecule has 0 radical (unpaired) electrons. The second-order valence-electron chi connectivity index (χ2n) is 7.70. The van der Waals surface area contributed by atoms with Gasteiger partial charge in [-0.2, -0.15) is 0 Å². The second kappa shape index (κ2) is 10.1. The summed E-state index contributed by atoms with van der Waals surface area (Å²) < 4.78 is 32.4. The van der Waals surface area contributed by atoms with E-state index in [0.29, 0.717) is 5.56 Å². The molecule has 0 saturated carbocycles. The van der Waals surface area contributed by atoms with Gasteiger partial charge in [-0.3, -0.25) is 14.9 Å². The summed E-state index contributed by atoms with van der Waals surface area (Å²) in [7, 11) is -3.77. The molecule has 1 fully saturated rings. The van der Waals surface area contributed by atoms with E-state index in [2.05, 4.69) is 17.0 Å². The van der Waals surface area contributed by atoms with Crippen molar-refractivity contribution >= 4 is 22.0 Å². The maximum atomic E-state index is 13.0. The van der Waals surface area contributed by atoms with Gasteiger partial charge < -0.3 is 4.74 Å². The fourth-order valence-electron chi connectivity index (χ4n) is 3.66. The van der Waals surface area contributed by atoms with Gasteiger partial charge in [0.15, 0.2) is 0 Å². The van der Waals surface area contributed by atoms with E-state index in [0.717, 1.165) is 54.0 Å². The highest BCUT2D eigenvalue weighted by Gasteiger charge is 2.17. The number of carbonyl (C=O) groups excluding carboxylic acids is 1. The normalized spacial score (nSPS) is 15.1. The molecule has 0 unspecified atom stereocenters. The summed E-state index contributed by atoms with van der Waals surface area (Å²) in [5, 5.41) is 8.53. The zero-order valence-electron chi connectivity index (χ0n) is 17.9. The van der Waals surface area contributed by atoms with E-state index in [-0.39, 0.29) is 4.90 Å². The van der Waals surface area contributed by atoms with Crippen LogP contribution in [0.4, 0.5) is 0 Å². The van der Waals surface area contributed by atoms with Gasteiger partial charge in [-0.1, -0.05) is 30.3 Å². The number of morpholine rings is 1. The summed E-state index contributed by atoms with van der Waals surface area (Å²) in [6.07, 6.45) is 5.33. The molecule has 4 rings (SSSR count). The SMILES string of the molecule is O=C(/C=C/c1ccn(S(=O)(=O)c2ccc(-c3cccc(CN4CCOCC4)c3)cc2)c1)NO. The maximum absolute atomic E-state index is 13.0. The minimum Gasteiger partial charge on any atom is -0.379 e. The Morgan fingerprint density at radius 3 is 2.55 bits per heavy atom. The van der Waals surface area contributed by atoms with Crippen LogP contribution in [0.5, 0.6) is 0 Å². The monoisotopic (exact) mass is 467 g/mol. The molecule has 1 aromatic heterocycles. The average molecular weight is 468 g/mol. The van der Waals surface area contributed by atoms with Crippen molar-refractivity contribution < 1.29 is 23.2 Å². The first kappa shape index (κ1) is 22.9. The molecule has 1 amide bonds. The first-order valence-electron chi connectivity index (χ1n) is 10.5. The Morgan fingerprint density at radius 1 is 1.06 bits per heavy atom. The number of ether oxygens (including phenoxy) is 1. The van der Waals surface area contributed by atoms with E-state index < -0.39 is 15.9 Å². The summed E-state index contributed by atoms with van der Waals surface area (Å²) in [5.74, 6) is -0.699. The number of amides is 1. The first-order valence-corrected chi connectivity index (χ1v) is 11.9. The van der Waals surface area contributed by atoms with E-state index in [4.69, 9.17) is 9.94 Å². The van der Waals surface area contributed by atoms with Gasteiger partial charge in [0, 0.05) is 38.1 Å². The van der Waals surface area contributed by atoms with Crippen molar-refractivity contribution in [3.63, 3.8) is 0 Å². The number of rotatable bonds is 7. The predicted molar refractivity (Wildman–Crippen MR) is 124 cm³/mol. The Kier molecular flexibility index (Phi) is 7.05. The Bertz CT molecular complexity index is 1240. The van der Waals surface area contributed by atoms with Crippen LogP contribution < -0.4 is 5.48 Å². The number of hydroxylamine groups is 1. The molecule has 2 heterocycles. The number of nitrogens with zero attached hydrogens (tertiary/aromatic N) is 2. The highest BCUT2D eigenvalue weighted by molar-refractivity contribution is 7.90. The van der Waals surface area contributed by atoms with Gasteiger partial charge in [-0.15, -0.1) is 0 Å². The quantitative estimate of drug-likeness (QED) is 0.315. The number of hydrogen-bond acceptors (Lipinski definition) is 6. The molecule has 0 atom stereocenters. The number of hydrogen-bond donors (Lipinski definition) is 2. The molecule has 1 aliphatic heterocycles. The van der Waals surface area contributed by atoms with Crippen LogP contribution in [0.1, 0.15) is 11.1 Å². The van der Waals surface area contributed by atoms with E-state index in [9.17, 15) is 13.2 Å². The van der Waals surface area contributed by atoms with Crippen molar-refractivity contribution in [2.24, 2.45) is 0 Å². The van der Waals surface area contributed by atoms with Gasteiger partial charge in [-0.25, -0.2) is 17.9 Å². The lowest BCUT2D eigenvalue weighted by Gasteiger charge is -2.26. The average Bonchev–Trinajstić information content (AvgIpc) is 3.33. The number of benzene rings is 2. The highest BCUT2D eigenvalue weighted by Crippen LogP contribution is 2.24. The van der Waals surface area contributed by atoms with Crippen molar-refractivity contribution in [1.29, 1.82) is 0 Å². The topological polar surface area (TPSA) is 101 Å². The molecule has 33 heavy (non-hydrogen) atoms. The Balaban J connectivity index is 1.50. The molecular formula is C24H25N3O5S. The molecular weight excluding hydrogens is 442 g/mol. The van der Waals surface area contributed by atoms with Gasteiger partial charge in [-0.05, 0) is 52.6 Å². The van der Waals surface area contributed by atoms with Gasteiger partial charge in [0.25, 0.3) is 15.9 Å². The van der Waals surface area contributed by atoms with Crippen molar-refractivity contribution in [1.82, 2.24) is 14.4 Å². The summed E-state index contributed by atoms with van der Waals surface area (Å²) >= 11 is 0. The Labute approximate surface area is 192 Å². The standard InChI is InChI=1S/C24H25N3O5S/c28-24(25-29)9-4-19-10-11-27(18-19)33(30,31)23-7-5-21(6-8-23)22-3-1-2-20(16-22)17-26-12-14-32-15-13-26/h1-11,16,18,29H,12-15,17H2,(H,25,28)/b9-4+. The zero-order chi connectivity index (χ0) is 23.3. The van der Waals surface area contributed by atoms with Gasteiger partial charge >= 0.3 is 0 Å². The molecule has 9 heteroatoms. The second-order valence-corrected chi connectivity index (χ2v) is 9.55. The molecule has 8 nitrogen and oxygen atoms in total. The van der Waals surface area contributed by atoms with E-state index in [1.807, 2.05) is 12.1 Å². The van der Waals surface area contributed by atoms with Crippen LogP contribution in [0.3, 0.4) is 0 Å². The summed E-state index contributed by atoms with van der Waals surface area (Å²) in [5.41, 5.74) is 5.16. The third-order valence-electron chi connectivity index (χ3n) is 5.43. The summed E-state index contributed by atoms with van der Waals surface area (Å²) in [6.45, 7) is 4.21. The van der Waals surface area contributed by atoms with E-state index in [1.165, 1.54) is 29.5 Å². The fourth-order valence-corrected chi connectivity index (χ4v) is 4.86. The first-order chi connectivity index (χ1) is 16.0. The summed E-state index contributed by atoms with van der Waals surface area (Å²) in [4.78, 5) is 13.6. The largest absolute Gasteiger partial charge is 0.379 e. The van der Waals surface area contributed by atoms with Crippen molar-refractivity contribution in [3.8, 4) is 11.1 Å². The lowest BCUT2D eigenvalue weighted by atomic mass is 10.0. The molecule has 0 aliphatic carbocycles. The van der Waals surface area contributed by atoms with Crippen LogP contribution in [0.2, 0.25) is 0 Å². The molecule has 2 N–H and O–H groups in total. The third-order valence-corrected chi connectivity index (χ3v) is 7.08. The van der Waals surface area contributed by atoms with E-state index in [1.54, 1.807) is 30.3 Å². The Hall–Kier alpha value is -3.24. The zero-order valence-corrected chi connectivity index (χ0v) is 18.7. The van der Waals surface area contributed by atoms with Crippen molar-refractivity contribution in [2.75, 3.05) is 26.3 Å². The molecule has 1 aliphatic rings.